The Bertz CT molecular complexity index is 964. The van der Waals surface area contributed by atoms with Gasteiger partial charge >= 0.3 is 0 Å². The van der Waals surface area contributed by atoms with E-state index in [0.29, 0.717) is 23.8 Å². The van der Waals surface area contributed by atoms with E-state index in [1.807, 2.05) is 31.2 Å². The normalized spacial score (nSPS) is 19.7. The van der Waals surface area contributed by atoms with Crippen molar-refractivity contribution in [1.29, 1.82) is 0 Å². The maximum Gasteiger partial charge on any atom is 0.291 e. The van der Waals surface area contributed by atoms with Crippen LogP contribution in [-0.2, 0) is 9.59 Å². The molecule has 3 atom stereocenters. The van der Waals surface area contributed by atoms with E-state index in [1.165, 1.54) is 4.90 Å². The summed E-state index contributed by atoms with van der Waals surface area (Å²) < 4.78 is 5.58. The van der Waals surface area contributed by atoms with Crippen LogP contribution in [0.2, 0.25) is 0 Å². The lowest BCUT2D eigenvalue weighted by molar-refractivity contribution is -0.141. The van der Waals surface area contributed by atoms with Crippen molar-refractivity contribution in [2.75, 3.05) is 13.2 Å². The molecule has 0 spiro atoms. The molecule has 2 aromatic carbocycles. The molecule has 2 aromatic rings. The summed E-state index contributed by atoms with van der Waals surface area (Å²) in [4.78, 5) is 40.7. The number of ketones is 2. The van der Waals surface area contributed by atoms with Crippen LogP contribution in [0.25, 0.3) is 0 Å². The van der Waals surface area contributed by atoms with Crippen molar-refractivity contribution in [3.05, 3.63) is 65.2 Å². The first-order valence-electron chi connectivity index (χ1n) is 10.6. The van der Waals surface area contributed by atoms with Crippen LogP contribution in [0, 0.1) is 5.92 Å². The average molecular weight is 424 g/mol. The number of hydrogen-bond acceptors (Lipinski definition) is 5. The molecule has 164 valence electrons. The molecule has 1 N–H and O–H groups in total. The maximum atomic E-state index is 13.5. The second-order valence-corrected chi connectivity index (χ2v) is 8.21. The first-order chi connectivity index (χ1) is 14.8. The SMILES string of the molecule is CCOc1ccccc1C(=O)C1C(=O)C(=O)N(CC(C)O)C1c1ccc(C(C)C)cc1. The molecule has 0 aliphatic carbocycles. The number of nitrogens with zero attached hydrogens (tertiary/aromatic N) is 1. The molecule has 1 aliphatic rings. The molecular formula is C25H29NO5. The maximum absolute atomic E-state index is 13.5. The predicted molar refractivity (Wildman–Crippen MR) is 117 cm³/mol. The molecule has 3 rings (SSSR count). The van der Waals surface area contributed by atoms with E-state index in [-0.39, 0.29) is 12.1 Å². The van der Waals surface area contributed by atoms with Gasteiger partial charge in [0.05, 0.1) is 24.3 Å². The lowest BCUT2D eigenvalue weighted by Crippen LogP contribution is -2.36. The molecule has 3 unspecified atom stereocenters. The fourth-order valence-electron chi connectivity index (χ4n) is 4.04. The van der Waals surface area contributed by atoms with Crippen LogP contribution in [-0.4, -0.2) is 46.7 Å². The number of benzene rings is 2. The summed E-state index contributed by atoms with van der Waals surface area (Å²) in [5.74, 6) is -2.43. The summed E-state index contributed by atoms with van der Waals surface area (Å²) in [6.07, 6.45) is -0.834. The zero-order valence-corrected chi connectivity index (χ0v) is 18.4. The molecule has 1 amide bonds. The standard InChI is InChI=1S/C25H29NO5/c1-5-31-20-9-7-6-8-19(20)23(28)21-22(18-12-10-17(11-13-18)15(2)3)26(14-16(4)27)25(30)24(21)29/h6-13,15-16,21-22,27H,5,14H2,1-4H3. The van der Waals surface area contributed by atoms with E-state index in [9.17, 15) is 19.5 Å². The Kier molecular flexibility index (Phi) is 6.91. The van der Waals surface area contributed by atoms with Crippen LogP contribution in [0.4, 0.5) is 0 Å². The highest BCUT2D eigenvalue weighted by Crippen LogP contribution is 2.39. The van der Waals surface area contributed by atoms with Crippen LogP contribution < -0.4 is 4.74 Å². The summed E-state index contributed by atoms with van der Waals surface area (Å²) in [5, 5.41) is 9.94. The highest BCUT2D eigenvalue weighted by molar-refractivity contribution is 6.44. The van der Waals surface area contributed by atoms with E-state index >= 15 is 0 Å². The van der Waals surface area contributed by atoms with Crippen LogP contribution in [0.15, 0.2) is 48.5 Å². The van der Waals surface area contributed by atoms with Gasteiger partial charge in [-0.3, -0.25) is 14.4 Å². The van der Waals surface area contributed by atoms with Crippen molar-refractivity contribution in [3.8, 4) is 5.75 Å². The summed E-state index contributed by atoms with van der Waals surface area (Å²) in [7, 11) is 0. The second-order valence-electron chi connectivity index (χ2n) is 8.21. The number of β-amino-alcohol motifs (C(OH)–C–C–N with tert-alkyl or cyclic N) is 1. The number of ether oxygens (including phenoxy) is 1. The Hall–Kier alpha value is -2.99. The van der Waals surface area contributed by atoms with Gasteiger partial charge in [-0.15, -0.1) is 0 Å². The minimum Gasteiger partial charge on any atom is -0.493 e. The zero-order chi connectivity index (χ0) is 22.7. The summed E-state index contributed by atoms with van der Waals surface area (Å²) in [5.41, 5.74) is 2.08. The van der Waals surface area contributed by atoms with Gasteiger partial charge in [0, 0.05) is 6.54 Å². The average Bonchev–Trinajstić information content (AvgIpc) is 2.98. The number of hydrogen-bond donors (Lipinski definition) is 1. The monoisotopic (exact) mass is 423 g/mol. The third-order valence-electron chi connectivity index (χ3n) is 5.55. The quantitative estimate of drug-likeness (QED) is 0.399. The van der Waals surface area contributed by atoms with Crippen LogP contribution in [0.5, 0.6) is 5.75 Å². The molecular weight excluding hydrogens is 394 g/mol. The second kappa shape index (κ2) is 9.43. The molecule has 1 heterocycles. The van der Waals surface area contributed by atoms with Crippen molar-refractivity contribution in [1.82, 2.24) is 4.90 Å². The minimum atomic E-state index is -1.20. The summed E-state index contributed by atoms with van der Waals surface area (Å²) >= 11 is 0. The molecule has 6 heteroatoms. The van der Waals surface area contributed by atoms with Gasteiger partial charge in [0.1, 0.15) is 11.7 Å². The zero-order valence-electron chi connectivity index (χ0n) is 18.4. The lowest BCUT2D eigenvalue weighted by Gasteiger charge is -2.28. The summed E-state index contributed by atoms with van der Waals surface area (Å²) in [6.45, 7) is 7.86. The van der Waals surface area contributed by atoms with E-state index in [1.54, 1.807) is 31.2 Å². The number of likely N-dealkylation sites (tertiary alicyclic amines) is 1. The van der Waals surface area contributed by atoms with Gasteiger partial charge in [-0.1, -0.05) is 50.2 Å². The first kappa shape index (κ1) is 22.7. The van der Waals surface area contributed by atoms with Gasteiger partial charge in [0.25, 0.3) is 5.91 Å². The Morgan fingerprint density at radius 1 is 1.06 bits per heavy atom. The van der Waals surface area contributed by atoms with Crippen LogP contribution in [0.1, 0.15) is 61.1 Å². The number of aliphatic hydroxyl groups is 1. The molecule has 6 nitrogen and oxygen atoms in total. The van der Waals surface area contributed by atoms with Gasteiger partial charge in [-0.2, -0.15) is 0 Å². The largest absolute Gasteiger partial charge is 0.493 e. The molecule has 1 aliphatic heterocycles. The number of carbonyl (C=O) groups is 3. The van der Waals surface area contributed by atoms with Gasteiger partial charge in [-0.25, -0.2) is 0 Å². The molecule has 0 aromatic heterocycles. The molecule has 31 heavy (non-hydrogen) atoms. The fourth-order valence-corrected chi connectivity index (χ4v) is 4.04. The van der Waals surface area contributed by atoms with Gasteiger partial charge in [0.15, 0.2) is 5.78 Å². The molecule has 1 fully saturated rings. The van der Waals surface area contributed by atoms with Crippen molar-refractivity contribution < 1.29 is 24.2 Å². The Labute approximate surface area is 182 Å². The summed E-state index contributed by atoms with van der Waals surface area (Å²) in [6, 6.07) is 13.6. The molecule has 0 bridgehead atoms. The van der Waals surface area contributed by atoms with Crippen molar-refractivity contribution >= 4 is 17.5 Å². The third-order valence-corrected chi connectivity index (χ3v) is 5.55. The smallest absolute Gasteiger partial charge is 0.291 e. The highest BCUT2D eigenvalue weighted by Gasteiger charge is 2.52. The highest BCUT2D eigenvalue weighted by atomic mass is 16.5. The number of aliphatic hydroxyl groups excluding tert-OH is 1. The van der Waals surface area contributed by atoms with Crippen LogP contribution >= 0.6 is 0 Å². The van der Waals surface area contributed by atoms with E-state index in [2.05, 4.69) is 13.8 Å². The number of amides is 1. The van der Waals surface area contributed by atoms with Gasteiger partial charge < -0.3 is 14.7 Å². The number of para-hydroxylation sites is 1. The predicted octanol–water partition coefficient (Wildman–Crippen LogP) is 3.54. The van der Waals surface area contributed by atoms with Gasteiger partial charge in [-0.05, 0) is 43.0 Å². The number of carbonyl (C=O) groups excluding carboxylic acids is 3. The van der Waals surface area contributed by atoms with Crippen molar-refractivity contribution in [3.63, 3.8) is 0 Å². The molecule has 1 saturated heterocycles. The topological polar surface area (TPSA) is 83.9 Å². The van der Waals surface area contributed by atoms with E-state index in [4.69, 9.17) is 4.74 Å². The van der Waals surface area contributed by atoms with Crippen molar-refractivity contribution in [2.24, 2.45) is 5.92 Å². The van der Waals surface area contributed by atoms with Crippen LogP contribution in [0.3, 0.4) is 0 Å². The third kappa shape index (κ3) is 4.54. The number of rotatable bonds is 8. The first-order valence-corrected chi connectivity index (χ1v) is 10.6. The number of Topliss-reactive ketones (excluding diaryl/α,β-unsaturated/α-hetero) is 2. The fraction of sp³-hybridized carbons (Fsp3) is 0.400. The Morgan fingerprint density at radius 2 is 1.71 bits per heavy atom. The van der Waals surface area contributed by atoms with Crippen molar-refractivity contribution in [2.45, 2.75) is 45.8 Å². The molecule has 0 radical (unpaired) electrons. The Balaban J connectivity index is 2.08. The van der Waals surface area contributed by atoms with E-state index in [0.717, 1.165) is 5.56 Å². The molecule has 0 saturated carbocycles. The minimum absolute atomic E-state index is 0.0297. The van der Waals surface area contributed by atoms with Gasteiger partial charge in [0.2, 0.25) is 5.78 Å². The lowest BCUT2D eigenvalue weighted by atomic mass is 9.85. The Morgan fingerprint density at radius 3 is 2.29 bits per heavy atom. The van der Waals surface area contributed by atoms with E-state index < -0.39 is 35.5 Å².